The Morgan fingerprint density at radius 1 is 0.824 bits per heavy atom. The van der Waals surface area contributed by atoms with Gasteiger partial charge >= 0.3 is 0 Å². The maximum Gasteiger partial charge on any atom is -0.0131 e. The molecule has 0 aliphatic heterocycles. The van der Waals surface area contributed by atoms with Crippen molar-refractivity contribution in [1.29, 1.82) is 0 Å². The van der Waals surface area contributed by atoms with E-state index in [1.54, 1.807) is 0 Å². The van der Waals surface area contributed by atoms with E-state index in [0.717, 1.165) is 23.7 Å². The molecule has 4 unspecified atom stereocenters. The standard InChI is InChI=1S/C17H28/c1-16(2,3)14-11-12-9-7-8-10-13(12)15(14)17(4,5)6/h7-10,12-15H,11H2,1-6H3. The van der Waals surface area contributed by atoms with E-state index in [9.17, 15) is 0 Å². The maximum absolute atomic E-state index is 2.46. The van der Waals surface area contributed by atoms with Crippen LogP contribution in [0.5, 0.6) is 0 Å². The first kappa shape index (κ1) is 12.9. The highest BCUT2D eigenvalue weighted by molar-refractivity contribution is 5.20. The van der Waals surface area contributed by atoms with Crippen LogP contribution in [-0.4, -0.2) is 0 Å². The minimum Gasteiger partial charge on any atom is -0.0808 e. The van der Waals surface area contributed by atoms with Crippen molar-refractivity contribution in [1.82, 2.24) is 0 Å². The summed E-state index contributed by atoms with van der Waals surface area (Å²) >= 11 is 0. The van der Waals surface area contributed by atoms with Gasteiger partial charge in [-0.2, -0.15) is 0 Å². The second-order valence-corrected chi connectivity index (χ2v) is 8.11. The Balaban J connectivity index is 2.35. The third-order valence-corrected chi connectivity index (χ3v) is 4.78. The van der Waals surface area contributed by atoms with Crippen LogP contribution in [0, 0.1) is 34.5 Å². The van der Waals surface area contributed by atoms with Crippen LogP contribution < -0.4 is 0 Å². The van der Waals surface area contributed by atoms with Crippen LogP contribution in [0.25, 0.3) is 0 Å². The first-order valence-electron chi connectivity index (χ1n) is 7.06. The molecule has 2 rings (SSSR count). The molecule has 0 heteroatoms. The fourth-order valence-corrected chi connectivity index (χ4v) is 4.07. The van der Waals surface area contributed by atoms with Gasteiger partial charge in [0, 0.05) is 0 Å². The molecule has 17 heavy (non-hydrogen) atoms. The molecule has 96 valence electrons. The molecule has 2 aliphatic carbocycles. The van der Waals surface area contributed by atoms with Gasteiger partial charge in [0.15, 0.2) is 0 Å². The second kappa shape index (κ2) is 4.00. The molecule has 0 N–H and O–H groups in total. The van der Waals surface area contributed by atoms with E-state index in [1.165, 1.54) is 6.42 Å². The van der Waals surface area contributed by atoms with Crippen molar-refractivity contribution in [3.05, 3.63) is 24.3 Å². The topological polar surface area (TPSA) is 0 Å². The Kier molecular flexibility index (Phi) is 3.04. The summed E-state index contributed by atoms with van der Waals surface area (Å²) in [6.07, 6.45) is 10.8. The SMILES string of the molecule is CC(C)(C)C1CC2C=CC=CC2C1C(C)(C)C. The molecule has 0 aromatic carbocycles. The molecule has 0 saturated heterocycles. The largest absolute Gasteiger partial charge is 0.0808 e. The first-order chi connectivity index (χ1) is 7.71. The first-order valence-corrected chi connectivity index (χ1v) is 7.06. The lowest BCUT2D eigenvalue weighted by Crippen LogP contribution is -2.35. The van der Waals surface area contributed by atoms with Gasteiger partial charge in [-0.15, -0.1) is 0 Å². The van der Waals surface area contributed by atoms with Crippen LogP contribution in [-0.2, 0) is 0 Å². The van der Waals surface area contributed by atoms with Gasteiger partial charge in [-0.1, -0.05) is 65.8 Å². The van der Waals surface area contributed by atoms with Crippen LogP contribution in [0.1, 0.15) is 48.0 Å². The van der Waals surface area contributed by atoms with Crippen molar-refractivity contribution in [2.75, 3.05) is 0 Å². The van der Waals surface area contributed by atoms with Crippen LogP contribution >= 0.6 is 0 Å². The maximum atomic E-state index is 2.46. The molecule has 2 aliphatic rings. The van der Waals surface area contributed by atoms with Crippen molar-refractivity contribution in [2.24, 2.45) is 34.5 Å². The normalized spacial score (nSPS) is 37.3. The van der Waals surface area contributed by atoms with Crippen LogP contribution in [0.2, 0.25) is 0 Å². The van der Waals surface area contributed by atoms with Gasteiger partial charge in [0.05, 0.1) is 0 Å². The van der Waals surface area contributed by atoms with Crippen LogP contribution in [0.4, 0.5) is 0 Å². The molecular weight excluding hydrogens is 204 g/mol. The lowest BCUT2D eigenvalue weighted by molar-refractivity contribution is 0.0814. The van der Waals surface area contributed by atoms with Crippen LogP contribution in [0.15, 0.2) is 24.3 Å². The molecule has 0 nitrogen and oxygen atoms in total. The molecule has 0 amide bonds. The Bertz CT molecular complexity index is 332. The van der Waals surface area contributed by atoms with Gasteiger partial charge in [-0.3, -0.25) is 0 Å². The number of fused-ring (bicyclic) bond motifs is 1. The summed E-state index contributed by atoms with van der Waals surface area (Å²) in [7, 11) is 0. The number of rotatable bonds is 0. The van der Waals surface area contributed by atoms with E-state index in [0.29, 0.717) is 10.8 Å². The number of hydrogen-bond acceptors (Lipinski definition) is 0. The number of allylic oxidation sites excluding steroid dienone is 4. The second-order valence-electron chi connectivity index (χ2n) is 8.11. The molecule has 0 radical (unpaired) electrons. The Hall–Kier alpha value is -0.520. The molecule has 4 atom stereocenters. The van der Waals surface area contributed by atoms with Crippen LogP contribution in [0.3, 0.4) is 0 Å². The molecule has 1 saturated carbocycles. The van der Waals surface area contributed by atoms with Gasteiger partial charge in [-0.25, -0.2) is 0 Å². The Morgan fingerprint density at radius 3 is 1.94 bits per heavy atom. The lowest BCUT2D eigenvalue weighted by atomic mass is 9.63. The van der Waals surface area contributed by atoms with E-state index in [4.69, 9.17) is 0 Å². The zero-order valence-electron chi connectivity index (χ0n) is 12.3. The zero-order chi connectivity index (χ0) is 12.8. The molecule has 0 heterocycles. The minimum atomic E-state index is 0.410. The zero-order valence-corrected chi connectivity index (χ0v) is 12.3. The van der Waals surface area contributed by atoms with Crippen molar-refractivity contribution >= 4 is 0 Å². The Morgan fingerprint density at radius 2 is 1.41 bits per heavy atom. The summed E-state index contributed by atoms with van der Waals surface area (Å²) in [5, 5.41) is 0. The molecule has 0 aromatic heterocycles. The summed E-state index contributed by atoms with van der Waals surface area (Å²) in [4.78, 5) is 0. The van der Waals surface area contributed by atoms with E-state index in [2.05, 4.69) is 65.8 Å². The smallest absolute Gasteiger partial charge is 0.0131 e. The molecular formula is C17H28. The van der Waals surface area contributed by atoms with Crippen molar-refractivity contribution in [3.63, 3.8) is 0 Å². The summed E-state index contributed by atoms with van der Waals surface area (Å²) in [6.45, 7) is 14.5. The third-order valence-electron chi connectivity index (χ3n) is 4.78. The van der Waals surface area contributed by atoms with E-state index < -0.39 is 0 Å². The van der Waals surface area contributed by atoms with E-state index in [-0.39, 0.29) is 0 Å². The molecule has 0 spiro atoms. The highest BCUT2D eigenvalue weighted by atomic mass is 14.5. The predicted molar refractivity (Wildman–Crippen MR) is 75.8 cm³/mol. The number of hydrogen-bond donors (Lipinski definition) is 0. The quantitative estimate of drug-likeness (QED) is 0.547. The molecule has 0 bridgehead atoms. The summed E-state index contributed by atoms with van der Waals surface area (Å²) in [6, 6.07) is 0. The van der Waals surface area contributed by atoms with Gasteiger partial charge in [0.25, 0.3) is 0 Å². The summed E-state index contributed by atoms with van der Waals surface area (Å²) < 4.78 is 0. The van der Waals surface area contributed by atoms with Gasteiger partial charge in [0.2, 0.25) is 0 Å². The molecule has 1 fully saturated rings. The summed E-state index contributed by atoms with van der Waals surface area (Å²) in [5.74, 6) is 3.20. The average molecular weight is 232 g/mol. The fourth-order valence-electron chi connectivity index (χ4n) is 4.07. The van der Waals surface area contributed by atoms with Gasteiger partial charge in [0.1, 0.15) is 0 Å². The van der Waals surface area contributed by atoms with Crippen molar-refractivity contribution < 1.29 is 0 Å². The van der Waals surface area contributed by atoms with Crippen molar-refractivity contribution in [2.45, 2.75) is 48.0 Å². The third kappa shape index (κ3) is 2.37. The van der Waals surface area contributed by atoms with E-state index >= 15 is 0 Å². The van der Waals surface area contributed by atoms with Crippen molar-refractivity contribution in [3.8, 4) is 0 Å². The van der Waals surface area contributed by atoms with E-state index in [1.807, 2.05) is 0 Å². The predicted octanol–water partition coefficient (Wildman–Crippen LogP) is 5.07. The minimum absolute atomic E-state index is 0.410. The Labute approximate surface area is 107 Å². The highest BCUT2D eigenvalue weighted by Crippen LogP contribution is 2.57. The van der Waals surface area contributed by atoms with Gasteiger partial charge in [-0.05, 0) is 40.9 Å². The molecule has 0 aromatic rings. The summed E-state index contributed by atoms with van der Waals surface area (Å²) in [5.41, 5.74) is 0.837. The highest BCUT2D eigenvalue weighted by Gasteiger charge is 2.50. The van der Waals surface area contributed by atoms with Gasteiger partial charge < -0.3 is 0 Å². The fraction of sp³-hybridized carbons (Fsp3) is 0.765. The average Bonchev–Trinajstić information content (AvgIpc) is 2.54. The monoisotopic (exact) mass is 232 g/mol. The lowest BCUT2D eigenvalue weighted by Gasteiger charge is -2.41.